The van der Waals surface area contributed by atoms with Gasteiger partial charge in [0.15, 0.2) is 0 Å². The van der Waals surface area contributed by atoms with E-state index in [2.05, 4.69) is 9.97 Å². The number of ether oxygens (including phenoxy) is 2. The van der Waals surface area contributed by atoms with E-state index in [9.17, 15) is 4.79 Å². The fourth-order valence-corrected chi connectivity index (χ4v) is 3.03. The summed E-state index contributed by atoms with van der Waals surface area (Å²) in [7, 11) is 5.16. The van der Waals surface area contributed by atoms with Gasteiger partial charge in [-0.25, -0.2) is 4.98 Å². The Balaban J connectivity index is 1.76. The van der Waals surface area contributed by atoms with E-state index in [0.717, 1.165) is 17.8 Å². The van der Waals surface area contributed by atoms with Crippen LogP contribution in [0, 0.1) is 0 Å². The summed E-state index contributed by atoms with van der Waals surface area (Å²) >= 11 is 0. The fourth-order valence-electron chi connectivity index (χ4n) is 3.03. The summed E-state index contributed by atoms with van der Waals surface area (Å²) in [5.41, 5.74) is 1.79. The van der Waals surface area contributed by atoms with Gasteiger partial charge >= 0.3 is 0 Å². The van der Waals surface area contributed by atoms with Gasteiger partial charge in [-0.3, -0.25) is 9.69 Å². The van der Waals surface area contributed by atoms with Crippen molar-refractivity contribution in [2.45, 2.75) is 19.0 Å². The van der Waals surface area contributed by atoms with E-state index in [-0.39, 0.29) is 11.9 Å². The van der Waals surface area contributed by atoms with Crippen LogP contribution in [0.1, 0.15) is 12.1 Å². The van der Waals surface area contributed by atoms with Crippen molar-refractivity contribution in [3.8, 4) is 11.5 Å². The molecular weight excluding hydrogens is 308 g/mol. The van der Waals surface area contributed by atoms with E-state index in [1.54, 1.807) is 37.7 Å². The van der Waals surface area contributed by atoms with Crippen molar-refractivity contribution in [2.24, 2.45) is 0 Å². The molecule has 0 saturated carbocycles. The van der Waals surface area contributed by atoms with Crippen molar-refractivity contribution < 1.29 is 14.3 Å². The molecule has 7 nitrogen and oxygen atoms in total. The topological polar surface area (TPSA) is 70.7 Å². The predicted molar refractivity (Wildman–Crippen MR) is 90.4 cm³/mol. The Morgan fingerprint density at radius 1 is 1.29 bits per heavy atom. The molecule has 1 saturated heterocycles. The lowest BCUT2D eigenvalue weighted by atomic mass is 10.2. The molecule has 2 heterocycles. The number of carbonyl (C=O) groups excluding carboxylic acids is 1. The van der Waals surface area contributed by atoms with Gasteiger partial charge in [0.1, 0.15) is 11.5 Å². The van der Waals surface area contributed by atoms with E-state index in [0.29, 0.717) is 24.6 Å². The van der Waals surface area contributed by atoms with Gasteiger partial charge in [-0.15, -0.1) is 0 Å². The molecule has 7 heteroatoms. The first-order chi connectivity index (χ1) is 11.6. The molecule has 0 unspecified atom stereocenters. The third kappa shape index (κ3) is 3.21. The number of anilines is 1. The predicted octanol–water partition coefficient (Wildman–Crippen LogP) is 1.66. The second kappa shape index (κ2) is 6.92. The van der Waals surface area contributed by atoms with Gasteiger partial charge in [0, 0.05) is 43.2 Å². The van der Waals surface area contributed by atoms with Crippen molar-refractivity contribution in [3.63, 3.8) is 0 Å². The minimum absolute atomic E-state index is 0.0901. The van der Waals surface area contributed by atoms with Crippen LogP contribution in [0.2, 0.25) is 0 Å². The maximum atomic E-state index is 12.9. The molecule has 24 heavy (non-hydrogen) atoms. The number of likely N-dealkylation sites (N-methyl/N-ethyl adjacent to an activating group) is 1. The van der Waals surface area contributed by atoms with E-state index < -0.39 is 0 Å². The lowest BCUT2D eigenvalue weighted by Gasteiger charge is -2.23. The van der Waals surface area contributed by atoms with Crippen LogP contribution in [0.4, 0.5) is 5.69 Å². The maximum absolute atomic E-state index is 12.9. The van der Waals surface area contributed by atoms with Crippen LogP contribution >= 0.6 is 0 Å². The minimum atomic E-state index is -0.148. The van der Waals surface area contributed by atoms with Crippen LogP contribution in [0.15, 0.2) is 30.7 Å². The third-order valence-electron chi connectivity index (χ3n) is 4.33. The third-order valence-corrected chi connectivity index (χ3v) is 4.33. The molecule has 1 fully saturated rings. The second-order valence-electron chi connectivity index (χ2n) is 5.86. The number of nitrogens with zero attached hydrogens (tertiary/aromatic N) is 3. The molecule has 1 atom stereocenters. The number of imidazole rings is 1. The number of aromatic amines is 1. The molecule has 0 aliphatic carbocycles. The molecule has 1 aliphatic heterocycles. The zero-order chi connectivity index (χ0) is 17.1. The largest absolute Gasteiger partial charge is 0.497 e. The maximum Gasteiger partial charge on any atom is 0.244 e. The number of H-pyrrole nitrogens is 1. The normalized spacial score (nSPS) is 17.6. The van der Waals surface area contributed by atoms with Gasteiger partial charge in [0.2, 0.25) is 5.91 Å². The van der Waals surface area contributed by atoms with Crippen molar-refractivity contribution in [1.82, 2.24) is 14.9 Å². The van der Waals surface area contributed by atoms with E-state index in [1.165, 1.54) is 0 Å². The highest BCUT2D eigenvalue weighted by Crippen LogP contribution is 2.31. The highest BCUT2D eigenvalue weighted by Gasteiger charge is 2.35. The average Bonchev–Trinajstić information content (AvgIpc) is 3.23. The molecule has 1 amide bonds. The number of aromatic nitrogens is 2. The van der Waals surface area contributed by atoms with Gasteiger partial charge in [-0.05, 0) is 13.5 Å². The van der Waals surface area contributed by atoms with E-state index in [4.69, 9.17) is 9.47 Å². The van der Waals surface area contributed by atoms with Gasteiger partial charge < -0.3 is 19.4 Å². The van der Waals surface area contributed by atoms with Crippen LogP contribution in [0.3, 0.4) is 0 Å². The summed E-state index contributed by atoms with van der Waals surface area (Å²) in [6.07, 6.45) is 4.21. The Kier molecular flexibility index (Phi) is 4.71. The molecule has 3 rings (SSSR count). The molecule has 0 bridgehead atoms. The summed E-state index contributed by atoms with van der Waals surface area (Å²) in [6.45, 7) is 1.33. The molecule has 0 spiro atoms. The Labute approximate surface area is 141 Å². The number of nitrogens with one attached hydrogen (secondary N) is 1. The zero-order valence-electron chi connectivity index (χ0n) is 14.2. The Bertz CT molecular complexity index is 680. The fraction of sp³-hybridized carbons (Fsp3) is 0.412. The van der Waals surface area contributed by atoms with Crippen LogP contribution in [-0.2, 0) is 11.3 Å². The number of rotatable bonds is 6. The molecule has 1 N–H and O–H groups in total. The monoisotopic (exact) mass is 330 g/mol. The summed E-state index contributed by atoms with van der Waals surface area (Å²) in [6, 6.07) is 5.37. The van der Waals surface area contributed by atoms with Crippen molar-refractivity contribution >= 4 is 11.6 Å². The molecule has 1 aliphatic rings. The summed E-state index contributed by atoms with van der Waals surface area (Å²) in [4.78, 5) is 23.8. The highest BCUT2D eigenvalue weighted by atomic mass is 16.5. The number of methoxy groups -OCH3 is 2. The molecular formula is C17H22N4O3. The van der Waals surface area contributed by atoms with Crippen LogP contribution in [0.5, 0.6) is 11.5 Å². The van der Waals surface area contributed by atoms with E-state index >= 15 is 0 Å². The van der Waals surface area contributed by atoms with Crippen LogP contribution in [-0.4, -0.2) is 54.6 Å². The quantitative estimate of drug-likeness (QED) is 0.872. The van der Waals surface area contributed by atoms with Crippen LogP contribution < -0.4 is 14.4 Å². The van der Waals surface area contributed by atoms with Gasteiger partial charge in [-0.1, -0.05) is 0 Å². The first-order valence-corrected chi connectivity index (χ1v) is 7.84. The highest BCUT2D eigenvalue weighted by molar-refractivity contribution is 5.99. The number of carbonyl (C=O) groups is 1. The average molecular weight is 330 g/mol. The lowest BCUT2D eigenvalue weighted by Crippen LogP contribution is -2.39. The van der Waals surface area contributed by atoms with Crippen LogP contribution in [0.25, 0.3) is 0 Å². The summed E-state index contributed by atoms with van der Waals surface area (Å²) in [5, 5.41) is 0. The Morgan fingerprint density at radius 3 is 2.58 bits per heavy atom. The number of hydrogen-bond acceptors (Lipinski definition) is 5. The standard InChI is InChI=1S/C17H22N4O3/c1-20(10-12-9-18-11-19-12)16-4-5-21(17(16)22)13-6-14(23-2)8-15(7-13)24-3/h6-9,11,16H,4-5,10H2,1-3H3,(H,18,19)/t16-/m0/s1. The van der Waals surface area contributed by atoms with Crippen molar-refractivity contribution in [2.75, 3.05) is 32.7 Å². The Morgan fingerprint density at radius 2 is 2.00 bits per heavy atom. The first-order valence-electron chi connectivity index (χ1n) is 7.84. The minimum Gasteiger partial charge on any atom is -0.497 e. The molecule has 0 radical (unpaired) electrons. The number of benzene rings is 1. The number of hydrogen-bond donors (Lipinski definition) is 1. The smallest absolute Gasteiger partial charge is 0.244 e. The van der Waals surface area contributed by atoms with Gasteiger partial charge in [0.25, 0.3) is 0 Å². The summed E-state index contributed by atoms with van der Waals surface area (Å²) in [5.74, 6) is 1.44. The Hall–Kier alpha value is -2.54. The molecule has 2 aromatic rings. The lowest BCUT2D eigenvalue weighted by molar-refractivity contribution is -0.121. The van der Waals surface area contributed by atoms with Crippen molar-refractivity contribution in [3.05, 3.63) is 36.4 Å². The molecule has 1 aromatic carbocycles. The first kappa shape index (κ1) is 16.3. The molecule has 128 valence electrons. The summed E-state index contributed by atoms with van der Waals surface area (Å²) < 4.78 is 10.6. The van der Waals surface area contributed by atoms with Crippen molar-refractivity contribution in [1.29, 1.82) is 0 Å². The van der Waals surface area contributed by atoms with Gasteiger partial charge in [-0.2, -0.15) is 0 Å². The number of amides is 1. The SMILES string of the molecule is COc1cc(OC)cc(N2CC[C@H](N(C)Cc3cnc[nH]3)C2=O)c1. The second-order valence-corrected chi connectivity index (χ2v) is 5.86. The van der Waals surface area contributed by atoms with Gasteiger partial charge in [0.05, 0.1) is 32.3 Å². The zero-order valence-corrected chi connectivity index (χ0v) is 14.2. The van der Waals surface area contributed by atoms with E-state index in [1.807, 2.05) is 24.1 Å². The molecule has 1 aromatic heterocycles.